The van der Waals surface area contributed by atoms with Crippen molar-refractivity contribution in [1.82, 2.24) is 15.1 Å². The van der Waals surface area contributed by atoms with Crippen molar-refractivity contribution >= 4 is 5.91 Å². The van der Waals surface area contributed by atoms with E-state index in [1.54, 1.807) is 11.8 Å². The number of aryl methyl sites for hydroxylation is 1. The van der Waals surface area contributed by atoms with E-state index in [9.17, 15) is 4.79 Å². The Hall–Kier alpha value is -2.61. The maximum atomic E-state index is 12.3. The standard InChI is InChI=1S/C17H19N3O5/c1-11-18-19-16(24-11)10-22-13-7-20(8-13)17(21)6-12-9-23-14-4-2-3-5-15(14)25-12/h2-5,12-13H,6-10H2,1H3. The summed E-state index contributed by atoms with van der Waals surface area (Å²) in [5.41, 5.74) is 0. The SMILES string of the molecule is Cc1nnc(COC2CN(C(=O)CC3COc4ccccc4O3)C2)o1. The Bertz CT molecular complexity index is 756. The van der Waals surface area contributed by atoms with E-state index in [2.05, 4.69) is 10.2 Å². The smallest absolute Gasteiger partial charge is 0.242 e. The zero-order valence-corrected chi connectivity index (χ0v) is 13.9. The number of amides is 1. The number of likely N-dealkylation sites (tertiary alicyclic amines) is 1. The number of carbonyl (C=O) groups excluding carboxylic acids is 1. The lowest BCUT2D eigenvalue weighted by Crippen LogP contribution is -2.55. The van der Waals surface area contributed by atoms with Crippen LogP contribution in [0.1, 0.15) is 18.2 Å². The molecule has 1 atom stereocenters. The topological polar surface area (TPSA) is 86.9 Å². The van der Waals surface area contributed by atoms with Gasteiger partial charge in [0.05, 0.1) is 12.5 Å². The molecule has 1 aromatic carbocycles. The average Bonchev–Trinajstić information content (AvgIpc) is 2.98. The second-order valence-electron chi connectivity index (χ2n) is 6.15. The molecule has 4 rings (SSSR count). The molecule has 1 saturated heterocycles. The molecule has 0 spiro atoms. The predicted octanol–water partition coefficient (Wildman–Crippen LogP) is 1.34. The molecule has 0 bridgehead atoms. The molecule has 3 heterocycles. The molecule has 1 unspecified atom stereocenters. The first-order valence-electron chi connectivity index (χ1n) is 8.24. The van der Waals surface area contributed by atoms with E-state index in [0.717, 1.165) is 5.75 Å². The first-order valence-corrected chi connectivity index (χ1v) is 8.24. The summed E-state index contributed by atoms with van der Waals surface area (Å²) in [5, 5.41) is 7.62. The third-order valence-corrected chi connectivity index (χ3v) is 4.18. The zero-order chi connectivity index (χ0) is 17.2. The highest BCUT2D eigenvalue weighted by Crippen LogP contribution is 2.31. The number of nitrogens with zero attached hydrogens (tertiary/aromatic N) is 3. The molecule has 1 aromatic heterocycles. The molecule has 25 heavy (non-hydrogen) atoms. The van der Waals surface area contributed by atoms with Gasteiger partial charge in [-0.3, -0.25) is 4.79 Å². The summed E-state index contributed by atoms with van der Waals surface area (Å²) in [6.45, 7) is 3.51. The number of benzene rings is 1. The van der Waals surface area contributed by atoms with Crippen LogP contribution in [0.2, 0.25) is 0 Å². The Morgan fingerprint density at radius 2 is 2.08 bits per heavy atom. The van der Waals surface area contributed by atoms with Crippen molar-refractivity contribution in [2.75, 3.05) is 19.7 Å². The molecule has 132 valence electrons. The van der Waals surface area contributed by atoms with E-state index in [1.807, 2.05) is 24.3 Å². The molecule has 8 nitrogen and oxygen atoms in total. The van der Waals surface area contributed by atoms with Crippen LogP contribution in [0.25, 0.3) is 0 Å². The maximum absolute atomic E-state index is 12.3. The summed E-state index contributed by atoms with van der Waals surface area (Å²) in [7, 11) is 0. The van der Waals surface area contributed by atoms with E-state index in [1.165, 1.54) is 0 Å². The number of para-hydroxylation sites is 2. The first-order chi connectivity index (χ1) is 12.2. The van der Waals surface area contributed by atoms with Gasteiger partial charge in [-0.1, -0.05) is 12.1 Å². The van der Waals surface area contributed by atoms with Gasteiger partial charge in [-0.05, 0) is 12.1 Å². The van der Waals surface area contributed by atoms with Gasteiger partial charge >= 0.3 is 0 Å². The van der Waals surface area contributed by atoms with Crippen LogP contribution in [-0.2, 0) is 16.1 Å². The third-order valence-electron chi connectivity index (χ3n) is 4.18. The van der Waals surface area contributed by atoms with Gasteiger partial charge < -0.3 is 23.5 Å². The third kappa shape index (κ3) is 3.58. The van der Waals surface area contributed by atoms with E-state index in [0.29, 0.717) is 43.6 Å². The average molecular weight is 345 g/mol. The summed E-state index contributed by atoms with van der Waals surface area (Å²) >= 11 is 0. The fourth-order valence-corrected chi connectivity index (χ4v) is 2.82. The lowest BCUT2D eigenvalue weighted by Gasteiger charge is -2.39. The fourth-order valence-electron chi connectivity index (χ4n) is 2.82. The normalized spacial score (nSPS) is 19.6. The van der Waals surface area contributed by atoms with Gasteiger partial charge in [-0.25, -0.2) is 0 Å². The second-order valence-corrected chi connectivity index (χ2v) is 6.15. The lowest BCUT2D eigenvalue weighted by molar-refractivity contribution is -0.148. The minimum Gasteiger partial charge on any atom is -0.486 e. The Morgan fingerprint density at radius 3 is 2.84 bits per heavy atom. The largest absolute Gasteiger partial charge is 0.486 e. The minimum atomic E-state index is -0.260. The molecule has 0 aliphatic carbocycles. The predicted molar refractivity (Wildman–Crippen MR) is 85.2 cm³/mol. The highest BCUT2D eigenvalue weighted by atomic mass is 16.6. The Morgan fingerprint density at radius 1 is 1.28 bits per heavy atom. The Kier molecular flexibility index (Phi) is 4.27. The number of hydrogen-bond acceptors (Lipinski definition) is 7. The quantitative estimate of drug-likeness (QED) is 0.808. The van der Waals surface area contributed by atoms with Crippen molar-refractivity contribution in [3.63, 3.8) is 0 Å². The van der Waals surface area contributed by atoms with Crippen LogP contribution in [0.3, 0.4) is 0 Å². The van der Waals surface area contributed by atoms with Crippen LogP contribution < -0.4 is 9.47 Å². The molecular weight excluding hydrogens is 326 g/mol. The van der Waals surface area contributed by atoms with Crippen LogP contribution in [0.4, 0.5) is 0 Å². The van der Waals surface area contributed by atoms with Crippen molar-refractivity contribution in [3.8, 4) is 11.5 Å². The number of carbonyl (C=O) groups is 1. The van der Waals surface area contributed by atoms with Gasteiger partial charge in [0.1, 0.15) is 19.3 Å². The summed E-state index contributed by atoms with van der Waals surface area (Å²) < 4.78 is 22.4. The number of rotatable bonds is 5. The Balaban J connectivity index is 1.20. The van der Waals surface area contributed by atoms with Crippen molar-refractivity contribution in [2.24, 2.45) is 0 Å². The van der Waals surface area contributed by atoms with Gasteiger partial charge in [0.15, 0.2) is 11.5 Å². The molecule has 0 radical (unpaired) electrons. The molecular formula is C17H19N3O5. The molecule has 0 saturated carbocycles. The van der Waals surface area contributed by atoms with Crippen LogP contribution >= 0.6 is 0 Å². The number of ether oxygens (including phenoxy) is 3. The molecule has 2 aliphatic rings. The summed E-state index contributed by atoms with van der Waals surface area (Å²) in [4.78, 5) is 14.1. The molecule has 1 fully saturated rings. The van der Waals surface area contributed by atoms with Gasteiger partial charge in [-0.15, -0.1) is 10.2 Å². The highest BCUT2D eigenvalue weighted by Gasteiger charge is 2.34. The molecule has 8 heteroatoms. The van der Waals surface area contributed by atoms with Crippen molar-refractivity contribution in [2.45, 2.75) is 32.2 Å². The van der Waals surface area contributed by atoms with Crippen molar-refractivity contribution < 1.29 is 23.4 Å². The summed E-state index contributed by atoms with van der Waals surface area (Å²) in [6, 6.07) is 7.48. The van der Waals surface area contributed by atoms with Gasteiger partial charge in [0, 0.05) is 20.0 Å². The van der Waals surface area contributed by atoms with Crippen LogP contribution in [0.15, 0.2) is 28.7 Å². The maximum Gasteiger partial charge on any atom is 0.242 e. The van der Waals surface area contributed by atoms with Crippen LogP contribution in [-0.4, -0.2) is 52.9 Å². The van der Waals surface area contributed by atoms with Crippen LogP contribution in [0, 0.1) is 6.92 Å². The van der Waals surface area contributed by atoms with E-state index >= 15 is 0 Å². The van der Waals surface area contributed by atoms with Gasteiger partial charge in [0.2, 0.25) is 17.7 Å². The van der Waals surface area contributed by atoms with E-state index in [-0.39, 0.29) is 24.7 Å². The van der Waals surface area contributed by atoms with Crippen LogP contribution in [0.5, 0.6) is 11.5 Å². The van der Waals surface area contributed by atoms with Crippen molar-refractivity contribution in [1.29, 1.82) is 0 Å². The number of fused-ring (bicyclic) bond motifs is 1. The molecule has 2 aliphatic heterocycles. The molecule has 1 amide bonds. The highest BCUT2D eigenvalue weighted by molar-refractivity contribution is 5.77. The fraction of sp³-hybridized carbons (Fsp3) is 0.471. The number of aromatic nitrogens is 2. The molecule has 2 aromatic rings. The van der Waals surface area contributed by atoms with Crippen molar-refractivity contribution in [3.05, 3.63) is 36.0 Å². The Labute approximate surface area is 144 Å². The number of hydrogen-bond donors (Lipinski definition) is 0. The van der Waals surface area contributed by atoms with Gasteiger partial charge in [-0.2, -0.15) is 0 Å². The summed E-state index contributed by atoms with van der Waals surface area (Å²) in [5.74, 6) is 2.42. The lowest BCUT2D eigenvalue weighted by atomic mass is 10.1. The van der Waals surface area contributed by atoms with E-state index < -0.39 is 0 Å². The molecule has 0 N–H and O–H groups in total. The summed E-state index contributed by atoms with van der Waals surface area (Å²) in [6.07, 6.45) is 0.0355. The monoisotopic (exact) mass is 345 g/mol. The van der Waals surface area contributed by atoms with E-state index in [4.69, 9.17) is 18.6 Å². The minimum absolute atomic E-state index is 0.000376. The second kappa shape index (κ2) is 6.72. The van der Waals surface area contributed by atoms with Gasteiger partial charge in [0.25, 0.3) is 0 Å². The zero-order valence-electron chi connectivity index (χ0n) is 13.9. The first kappa shape index (κ1) is 15.9.